The van der Waals surface area contributed by atoms with Gasteiger partial charge in [-0.3, -0.25) is 9.59 Å². The van der Waals surface area contributed by atoms with Crippen LogP contribution in [0.3, 0.4) is 0 Å². The summed E-state index contributed by atoms with van der Waals surface area (Å²) in [4.78, 5) is 29.8. The first-order chi connectivity index (χ1) is 14.0. The predicted molar refractivity (Wildman–Crippen MR) is 107 cm³/mol. The monoisotopic (exact) mass is 391 g/mol. The van der Waals surface area contributed by atoms with E-state index in [1.165, 1.54) is 11.0 Å². The number of hydrogen-bond donors (Lipinski definition) is 0. The van der Waals surface area contributed by atoms with Crippen molar-refractivity contribution < 1.29 is 23.9 Å². The Balaban J connectivity index is 2.09. The van der Waals surface area contributed by atoms with Gasteiger partial charge in [0, 0.05) is 0 Å². The highest BCUT2D eigenvalue weighted by Crippen LogP contribution is 2.41. The van der Waals surface area contributed by atoms with Crippen molar-refractivity contribution >= 4 is 17.9 Å². The molecule has 0 N–H and O–H groups in total. The molecule has 1 saturated heterocycles. The molecule has 1 aliphatic heterocycles. The van der Waals surface area contributed by atoms with Gasteiger partial charge in [-0.05, 0) is 35.4 Å². The number of methoxy groups -OCH3 is 2. The highest BCUT2D eigenvalue weighted by Gasteiger charge is 2.53. The molecule has 2 aromatic rings. The van der Waals surface area contributed by atoms with Crippen molar-refractivity contribution in [2.45, 2.75) is 12.1 Å². The maximum atomic E-state index is 12.9. The zero-order chi connectivity index (χ0) is 21.0. The summed E-state index contributed by atoms with van der Waals surface area (Å²) >= 11 is 0. The fraction of sp³-hybridized carbons (Fsp3) is 0.227. The summed E-state index contributed by atoms with van der Waals surface area (Å²) in [5.41, 5.74) is 10.4. The summed E-state index contributed by atoms with van der Waals surface area (Å²) in [5, 5.41) is 0. The van der Waals surface area contributed by atoms with E-state index < -0.39 is 23.8 Å². The van der Waals surface area contributed by atoms with Gasteiger partial charge in [-0.25, -0.2) is 0 Å². The van der Waals surface area contributed by atoms with Gasteiger partial charge in [-0.1, -0.05) is 30.3 Å². The van der Waals surface area contributed by atoms with Crippen LogP contribution in [0, 0.1) is 5.92 Å². The number of likely N-dealkylation sites (tertiary alicyclic amines) is 1. The number of ketones is 1. The van der Waals surface area contributed by atoms with Crippen LogP contribution in [0.15, 0.2) is 61.2 Å². The minimum atomic E-state index is -0.801. The summed E-state index contributed by atoms with van der Waals surface area (Å²) in [6.07, 6.45) is 2.27. The molecule has 0 saturated carbocycles. The molecule has 0 aromatic heterocycles. The van der Waals surface area contributed by atoms with Gasteiger partial charge in [-0.2, -0.15) is 4.79 Å². The Morgan fingerprint density at radius 2 is 1.55 bits per heavy atom. The lowest BCUT2D eigenvalue weighted by atomic mass is 9.80. The molecule has 29 heavy (non-hydrogen) atoms. The number of rotatable bonds is 8. The molecule has 1 heterocycles. The number of Topliss-reactive ketones (excluding diaryl/α,β-unsaturated/α-hetero) is 1. The van der Waals surface area contributed by atoms with Gasteiger partial charge in [0.25, 0.3) is 5.78 Å². The molecule has 2 unspecified atom stereocenters. The quantitative estimate of drug-likeness (QED) is 0.227. The molecule has 0 bridgehead atoms. The van der Waals surface area contributed by atoms with Crippen molar-refractivity contribution in [2.24, 2.45) is 5.92 Å². The summed E-state index contributed by atoms with van der Waals surface area (Å²) in [7, 11) is 3.15. The highest BCUT2D eigenvalue weighted by atomic mass is 16.5. The van der Waals surface area contributed by atoms with Crippen LogP contribution in [-0.2, 0) is 9.59 Å². The van der Waals surface area contributed by atoms with Crippen LogP contribution in [0.4, 0.5) is 0 Å². The third-order valence-electron chi connectivity index (χ3n) is 5.05. The third-order valence-corrected chi connectivity index (χ3v) is 5.05. The number of β-lactam (4-membered cyclic amide) rings is 1. The minimum absolute atomic E-state index is 0.221. The standard InChI is InChI=1S/C22H21N3O4/c1-4-18-21(19(26)13-24-23)25(22(18)27)20(14-5-9-16(28-2)10-6-14)15-7-11-17(29-3)12-8-15/h4-13,18,20-21H,1H2,2-3H3. The van der Waals surface area contributed by atoms with Crippen molar-refractivity contribution in [3.63, 3.8) is 0 Å². The first kappa shape index (κ1) is 20.0. The summed E-state index contributed by atoms with van der Waals surface area (Å²) < 4.78 is 10.4. The number of nitrogens with zero attached hydrogens (tertiary/aromatic N) is 3. The van der Waals surface area contributed by atoms with Crippen LogP contribution >= 0.6 is 0 Å². The van der Waals surface area contributed by atoms with E-state index in [4.69, 9.17) is 15.0 Å². The fourth-order valence-electron chi connectivity index (χ4n) is 3.59. The van der Waals surface area contributed by atoms with Crippen LogP contribution in [0.2, 0.25) is 0 Å². The molecular weight excluding hydrogens is 370 g/mol. The lowest BCUT2D eigenvalue weighted by molar-refractivity contribution is -0.160. The van der Waals surface area contributed by atoms with Gasteiger partial charge in [0.1, 0.15) is 17.5 Å². The molecule has 7 nitrogen and oxygen atoms in total. The van der Waals surface area contributed by atoms with Gasteiger partial charge in [0.15, 0.2) is 0 Å². The van der Waals surface area contributed by atoms with Gasteiger partial charge < -0.3 is 19.9 Å². The van der Waals surface area contributed by atoms with Gasteiger partial charge in [0.05, 0.1) is 26.2 Å². The van der Waals surface area contributed by atoms with Gasteiger partial charge in [-0.15, -0.1) is 6.58 Å². The molecule has 0 aliphatic carbocycles. The van der Waals surface area contributed by atoms with Crippen LogP contribution in [0.5, 0.6) is 11.5 Å². The van der Waals surface area contributed by atoms with E-state index in [1.807, 2.05) is 24.3 Å². The first-order valence-electron chi connectivity index (χ1n) is 8.99. The second kappa shape index (κ2) is 8.54. The molecule has 148 valence electrons. The van der Waals surface area contributed by atoms with E-state index >= 15 is 0 Å². The zero-order valence-corrected chi connectivity index (χ0v) is 16.2. The van der Waals surface area contributed by atoms with Crippen molar-refractivity contribution in [1.29, 1.82) is 0 Å². The minimum Gasteiger partial charge on any atom is -0.497 e. The number of ether oxygens (including phenoxy) is 2. The van der Waals surface area contributed by atoms with Crippen molar-refractivity contribution in [2.75, 3.05) is 14.2 Å². The SMILES string of the molecule is C=CC1C(=O)N(C(c2ccc(OC)cc2)c2ccc(OC)cc2)C1C(=O)C=[N+]=[N-]. The summed E-state index contributed by atoms with van der Waals surface area (Å²) in [6, 6.07) is 13.3. The largest absolute Gasteiger partial charge is 0.497 e. The van der Waals surface area contributed by atoms with Crippen LogP contribution in [0.1, 0.15) is 17.2 Å². The number of carbonyl (C=O) groups excluding carboxylic acids is 2. The normalized spacial score (nSPS) is 17.9. The Hall–Kier alpha value is -3.70. The zero-order valence-electron chi connectivity index (χ0n) is 16.2. The van der Waals surface area contributed by atoms with Crippen molar-refractivity contribution in [3.05, 3.63) is 77.8 Å². The Labute approximate surface area is 168 Å². The topological polar surface area (TPSA) is 92.2 Å². The van der Waals surface area contributed by atoms with Gasteiger partial charge >= 0.3 is 6.21 Å². The second-order valence-electron chi connectivity index (χ2n) is 6.55. The second-order valence-corrected chi connectivity index (χ2v) is 6.55. The summed E-state index contributed by atoms with van der Waals surface area (Å²) in [5.74, 6) is 0.00666. The lowest BCUT2D eigenvalue weighted by Crippen LogP contribution is -2.64. The van der Waals surface area contributed by atoms with E-state index in [9.17, 15) is 9.59 Å². The van der Waals surface area contributed by atoms with Crippen molar-refractivity contribution in [3.8, 4) is 11.5 Å². The van der Waals surface area contributed by atoms with E-state index in [2.05, 4.69) is 11.4 Å². The molecule has 7 heteroatoms. The summed E-state index contributed by atoms with van der Waals surface area (Å²) in [6.45, 7) is 3.67. The molecular formula is C22H21N3O4. The Morgan fingerprint density at radius 1 is 1.07 bits per heavy atom. The van der Waals surface area contributed by atoms with E-state index in [0.717, 1.165) is 17.3 Å². The molecule has 2 aromatic carbocycles. The first-order valence-corrected chi connectivity index (χ1v) is 8.99. The van der Waals surface area contributed by atoms with E-state index in [-0.39, 0.29) is 5.91 Å². The average molecular weight is 391 g/mol. The highest BCUT2D eigenvalue weighted by molar-refractivity contribution is 6.30. The van der Waals surface area contributed by atoms with Crippen molar-refractivity contribution in [1.82, 2.24) is 4.90 Å². The predicted octanol–water partition coefficient (Wildman–Crippen LogP) is 2.68. The molecule has 0 spiro atoms. The third kappa shape index (κ3) is 3.68. The Kier molecular flexibility index (Phi) is 5.90. The molecule has 1 fully saturated rings. The van der Waals surface area contributed by atoms with E-state index in [1.54, 1.807) is 38.5 Å². The lowest BCUT2D eigenvalue weighted by Gasteiger charge is -2.48. The maximum absolute atomic E-state index is 12.9. The van der Waals surface area contributed by atoms with E-state index in [0.29, 0.717) is 11.5 Å². The Morgan fingerprint density at radius 3 is 1.93 bits per heavy atom. The number of benzene rings is 2. The Bertz CT molecular complexity index is 915. The molecule has 0 radical (unpaired) electrons. The molecule has 2 atom stereocenters. The number of hydrogen-bond acceptors (Lipinski definition) is 4. The molecule has 1 amide bonds. The fourth-order valence-corrected chi connectivity index (χ4v) is 3.59. The number of amides is 1. The maximum Gasteiger partial charge on any atom is 0.325 e. The smallest absolute Gasteiger partial charge is 0.325 e. The number of carbonyl (C=O) groups is 2. The van der Waals surface area contributed by atoms with Crippen LogP contribution in [0.25, 0.3) is 5.53 Å². The average Bonchev–Trinajstić information content (AvgIpc) is 2.75. The molecule has 3 rings (SSSR count). The van der Waals surface area contributed by atoms with Crippen LogP contribution in [-0.4, -0.2) is 47.9 Å². The van der Waals surface area contributed by atoms with Gasteiger partial charge in [0.2, 0.25) is 5.91 Å². The van der Waals surface area contributed by atoms with Crippen LogP contribution < -0.4 is 9.47 Å². The molecule has 1 aliphatic rings.